The molecule has 0 saturated carbocycles. The third-order valence-electron chi connectivity index (χ3n) is 4.59. The van der Waals surface area contributed by atoms with Crippen LogP contribution in [0, 0.1) is 5.92 Å². The highest BCUT2D eigenvalue weighted by Crippen LogP contribution is 2.32. The summed E-state index contributed by atoms with van der Waals surface area (Å²) < 4.78 is 0. The molecule has 2 unspecified atom stereocenters. The van der Waals surface area contributed by atoms with Gasteiger partial charge in [0.05, 0.1) is 10.0 Å². The number of hydrogen-bond acceptors (Lipinski definition) is 4. The molecule has 0 aliphatic carbocycles. The largest absolute Gasteiger partial charge is 0.367 e. The van der Waals surface area contributed by atoms with Crippen LogP contribution in [0.25, 0.3) is 0 Å². The van der Waals surface area contributed by atoms with Crippen molar-refractivity contribution in [3.63, 3.8) is 0 Å². The molecule has 0 aromatic carbocycles. The Morgan fingerprint density at radius 3 is 2.70 bits per heavy atom. The molecule has 2 aliphatic heterocycles. The Morgan fingerprint density at radius 1 is 1.26 bits per heavy atom. The first-order valence-electron chi connectivity index (χ1n) is 8.18. The van der Waals surface area contributed by atoms with Gasteiger partial charge in [0.2, 0.25) is 5.91 Å². The Kier molecular flexibility index (Phi) is 5.62. The van der Waals surface area contributed by atoms with Gasteiger partial charge in [0, 0.05) is 37.8 Å². The minimum Gasteiger partial charge on any atom is -0.367 e. The number of nitrogens with zero attached hydrogens (tertiary/aromatic N) is 1. The van der Waals surface area contributed by atoms with Crippen LogP contribution in [-0.2, 0) is 4.79 Å². The quantitative estimate of drug-likeness (QED) is 0.685. The van der Waals surface area contributed by atoms with Gasteiger partial charge in [0.15, 0.2) is 0 Å². The van der Waals surface area contributed by atoms with Gasteiger partial charge < -0.3 is 16.0 Å². The maximum Gasteiger partial charge on any atom is 0.220 e. The van der Waals surface area contributed by atoms with Crippen LogP contribution < -0.4 is 16.0 Å². The van der Waals surface area contributed by atoms with E-state index in [2.05, 4.69) is 20.9 Å². The molecular formula is C16H22Cl2N4O. The summed E-state index contributed by atoms with van der Waals surface area (Å²) in [5.74, 6) is 1.24. The van der Waals surface area contributed by atoms with E-state index in [1.807, 2.05) is 0 Å². The third-order valence-corrected chi connectivity index (χ3v) is 5.09. The molecule has 1 amide bonds. The molecule has 2 bridgehead atoms. The predicted octanol–water partition coefficient (Wildman–Crippen LogP) is 2.84. The van der Waals surface area contributed by atoms with Crippen molar-refractivity contribution < 1.29 is 4.79 Å². The highest BCUT2D eigenvalue weighted by Gasteiger charge is 2.33. The van der Waals surface area contributed by atoms with Crippen LogP contribution in [-0.4, -0.2) is 36.1 Å². The lowest BCUT2D eigenvalue weighted by Gasteiger charge is -2.28. The first-order valence-corrected chi connectivity index (χ1v) is 8.93. The monoisotopic (exact) mass is 356 g/mol. The van der Waals surface area contributed by atoms with Crippen molar-refractivity contribution in [2.24, 2.45) is 5.92 Å². The first-order chi connectivity index (χ1) is 11.1. The second kappa shape index (κ2) is 7.69. The molecule has 2 saturated heterocycles. The maximum atomic E-state index is 12.0. The lowest BCUT2D eigenvalue weighted by atomic mass is 9.89. The van der Waals surface area contributed by atoms with Crippen molar-refractivity contribution >= 4 is 34.9 Å². The Morgan fingerprint density at radius 2 is 2.00 bits per heavy atom. The van der Waals surface area contributed by atoms with Gasteiger partial charge in [0.25, 0.3) is 0 Å². The summed E-state index contributed by atoms with van der Waals surface area (Å²) in [5.41, 5.74) is 0. The summed E-state index contributed by atoms with van der Waals surface area (Å²) in [7, 11) is 0. The zero-order valence-electron chi connectivity index (χ0n) is 12.9. The van der Waals surface area contributed by atoms with Crippen molar-refractivity contribution in [3.8, 4) is 0 Å². The number of pyridine rings is 1. The Hall–Kier alpha value is -1.04. The fourth-order valence-corrected chi connectivity index (χ4v) is 4.05. The number of fused-ring (bicyclic) bond motifs is 2. The molecule has 5 nitrogen and oxygen atoms in total. The molecule has 0 radical (unpaired) electrons. The normalized spacial score (nSPS) is 26.1. The van der Waals surface area contributed by atoms with Gasteiger partial charge in [-0.25, -0.2) is 4.98 Å². The van der Waals surface area contributed by atoms with Crippen molar-refractivity contribution in [2.45, 2.75) is 44.2 Å². The molecule has 7 heteroatoms. The molecule has 3 rings (SSSR count). The molecule has 3 heterocycles. The van der Waals surface area contributed by atoms with E-state index >= 15 is 0 Å². The summed E-state index contributed by atoms with van der Waals surface area (Å²) in [4.78, 5) is 16.2. The minimum absolute atomic E-state index is 0.133. The smallest absolute Gasteiger partial charge is 0.220 e. The standard InChI is InChI=1S/C16H22Cl2N4O/c17-11-8-14(18)16(21-9-11)20-4-3-19-15(23)7-10-5-12-1-2-13(6-10)22-12/h8-10,12-13,22H,1-7H2,(H,19,23)(H,20,21). The lowest BCUT2D eigenvalue weighted by molar-refractivity contribution is -0.122. The molecule has 3 N–H and O–H groups in total. The van der Waals surface area contributed by atoms with Gasteiger partial charge in [0.1, 0.15) is 5.82 Å². The molecule has 23 heavy (non-hydrogen) atoms. The molecule has 1 aromatic heterocycles. The van der Waals surface area contributed by atoms with Crippen LogP contribution in [0.2, 0.25) is 10.0 Å². The second-order valence-corrected chi connectivity index (χ2v) is 7.28. The molecule has 2 aliphatic rings. The zero-order chi connectivity index (χ0) is 16.2. The van der Waals surface area contributed by atoms with E-state index in [1.165, 1.54) is 12.8 Å². The molecule has 2 atom stereocenters. The zero-order valence-corrected chi connectivity index (χ0v) is 14.5. The summed E-state index contributed by atoms with van der Waals surface area (Å²) >= 11 is 11.8. The van der Waals surface area contributed by atoms with Crippen molar-refractivity contribution in [1.82, 2.24) is 15.6 Å². The Labute approximate surface area is 146 Å². The van der Waals surface area contributed by atoms with E-state index in [1.54, 1.807) is 12.3 Å². The van der Waals surface area contributed by atoms with Gasteiger partial charge >= 0.3 is 0 Å². The molecular weight excluding hydrogens is 335 g/mol. The van der Waals surface area contributed by atoms with Crippen molar-refractivity contribution in [2.75, 3.05) is 18.4 Å². The summed E-state index contributed by atoms with van der Waals surface area (Å²) in [6, 6.07) is 2.90. The van der Waals surface area contributed by atoms with Crippen LogP contribution in [0.4, 0.5) is 5.82 Å². The van der Waals surface area contributed by atoms with E-state index in [4.69, 9.17) is 23.2 Å². The highest BCUT2D eigenvalue weighted by atomic mass is 35.5. The van der Waals surface area contributed by atoms with E-state index < -0.39 is 0 Å². The first kappa shape index (κ1) is 16.8. The SMILES string of the molecule is O=C(CC1CC2CCC(C1)N2)NCCNc1ncc(Cl)cc1Cl. The predicted molar refractivity (Wildman–Crippen MR) is 93.0 cm³/mol. The lowest BCUT2D eigenvalue weighted by Crippen LogP contribution is -2.40. The van der Waals surface area contributed by atoms with Crippen molar-refractivity contribution in [1.29, 1.82) is 0 Å². The highest BCUT2D eigenvalue weighted by molar-refractivity contribution is 6.35. The van der Waals surface area contributed by atoms with E-state index in [0.29, 0.717) is 53.4 Å². The molecule has 1 aromatic rings. The third kappa shape index (κ3) is 4.72. The maximum absolute atomic E-state index is 12.0. The number of aromatic nitrogens is 1. The van der Waals surface area contributed by atoms with Crippen LogP contribution >= 0.6 is 23.2 Å². The van der Waals surface area contributed by atoms with Gasteiger partial charge in [-0.05, 0) is 37.7 Å². The average Bonchev–Trinajstić information content (AvgIpc) is 2.84. The Bertz CT molecular complexity index is 557. The summed E-state index contributed by atoms with van der Waals surface area (Å²) in [6.07, 6.45) is 6.97. The molecule has 0 spiro atoms. The number of amides is 1. The minimum atomic E-state index is 0.133. The average molecular weight is 357 g/mol. The molecule has 126 valence electrons. The van der Waals surface area contributed by atoms with Crippen LogP contribution in [0.5, 0.6) is 0 Å². The van der Waals surface area contributed by atoms with E-state index in [0.717, 1.165) is 12.8 Å². The number of carbonyl (C=O) groups excluding carboxylic acids is 1. The van der Waals surface area contributed by atoms with Crippen LogP contribution in [0.3, 0.4) is 0 Å². The van der Waals surface area contributed by atoms with Gasteiger partial charge in [-0.3, -0.25) is 4.79 Å². The number of piperidine rings is 1. The van der Waals surface area contributed by atoms with Crippen LogP contribution in [0.1, 0.15) is 32.1 Å². The van der Waals surface area contributed by atoms with E-state index in [9.17, 15) is 4.79 Å². The number of halogens is 2. The number of anilines is 1. The number of hydrogen-bond donors (Lipinski definition) is 3. The van der Waals surface area contributed by atoms with Gasteiger partial charge in [-0.2, -0.15) is 0 Å². The fraction of sp³-hybridized carbons (Fsp3) is 0.625. The second-order valence-electron chi connectivity index (χ2n) is 6.44. The fourth-order valence-electron chi connectivity index (χ4n) is 3.60. The van der Waals surface area contributed by atoms with Gasteiger partial charge in [-0.1, -0.05) is 23.2 Å². The Balaban J connectivity index is 1.35. The number of carbonyl (C=O) groups is 1. The topological polar surface area (TPSA) is 66.1 Å². The molecule has 2 fully saturated rings. The number of rotatable bonds is 6. The summed E-state index contributed by atoms with van der Waals surface area (Å²) in [5, 5.41) is 10.6. The van der Waals surface area contributed by atoms with Crippen LogP contribution in [0.15, 0.2) is 12.3 Å². The summed E-state index contributed by atoms with van der Waals surface area (Å²) in [6.45, 7) is 1.13. The van der Waals surface area contributed by atoms with E-state index in [-0.39, 0.29) is 5.91 Å². The van der Waals surface area contributed by atoms with Crippen molar-refractivity contribution in [3.05, 3.63) is 22.3 Å². The van der Waals surface area contributed by atoms with Gasteiger partial charge in [-0.15, -0.1) is 0 Å². The number of nitrogens with one attached hydrogen (secondary N) is 3.